The lowest BCUT2D eigenvalue weighted by atomic mass is 10.1. The van der Waals surface area contributed by atoms with E-state index in [0.717, 1.165) is 32.4 Å². The summed E-state index contributed by atoms with van der Waals surface area (Å²) < 4.78 is 10.5. The molecular weight excluding hydrogens is 362 g/mol. The van der Waals surface area contributed by atoms with E-state index in [-0.39, 0.29) is 37.2 Å². The highest BCUT2D eigenvalue weighted by Crippen LogP contribution is 2.34. The predicted octanol–water partition coefficient (Wildman–Crippen LogP) is 1.19. The maximum atomic E-state index is 12.5. The number of carbonyl (C=O) groups excluding carboxylic acids is 3. The van der Waals surface area contributed by atoms with E-state index in [9.17, 15) is 14.4 Å². The molecule has 1 aromatic carbocycles. The van der Waals surface area contributed by atoms with Crippen molar-refractivity contribution < 1.29 is 23.9 Å². The lowest BCUT2D eigenvalue weighted by Gasteiger charge is -2.27. The van der Waals surface area contributed by atoms with E-state index < -0.39 is 5.92 Å². The Balaban J connectivity index is 1.57. The summed E-state index contributed by atoms with van der Waals surface area (Å²) in [6.45, 7) is 1.77. The second-order valence-electron chi connectivity index (χ2n) is 7.10. The van der Waals surface area contributed by atoms with Crippen LogP contribution in [0.15, 0.2) is 18.2 Å². The average molecular weight is 389 g/mol. The van der Waals surface area contributed by atoms with Crippen molar-refractivity contribution in [1.82, 2.24) is 10.2 Å². The zero-order valence-electron chi connectivity index (χ0n) is 16.4. The molecule has 8 heteroatoms. The van der Waals surface area contributed by atoms with Gasteiger partial charge in [-0.05, 0) is 31.4 Å². The third-order valence-corrected chi connectivity index (χ3v) is 5.30. The number of rotatable bonds is 6. The highest BCUT2D eigenvalue weighted by atomic mass is 16.5. The smallest absolute Gasteiger partial charge is 0.241 e. The van der Waals surface area contributed by atoms with E-state index in [2.05, 4.69) is 5.32 Å². The molecule has 0 spiro atoms. The summed E-state index contributed by atoms with van der Waals surface area (Å²) in [5.74, 6) is 0.163. The molecule has 0 bridgehead atoms. The minimum absolute atomic E-state index is 0.0140. The number of carbonyl (C=O) groups is 3. The summed E-state index contributed by atoms with van der Waals surface area (Å²) in [6, 6.07) is 5.21. The Labute approximate surface area is 164 Å². The standard InChI is InChI=1S/C20H27N3O5/c1-27-16-7-6-15(11-17(16)28-2)23-13-14(10-18(23)24)20(26)21-12-19(25)22-8-4-3-5-9-22/h6-7,11,14H,3-5,8-10,12-13H2,1-2H3,(H,21,26). The number of hydrogen-bond acceptors (Lipinski definition) is 5. The minimum Gasteiger partial charge on any atom is -0.493 e. The van der Waals surface area contributed by atoms with Crippen LogP contribution in [0.5, 0.6) is 11.5 Å². The summed E-state index contributed by atoms with van der Waals surface area (Å²) in [5, 5.41) is 2.70. The van der Waals surface area contributed by atoms with Crippen LogP contribution < -0.4 is 19.7 Å². The van der Waals surface area contributed by atoms with E-state index in [0.29, 0.717) is 17.2 Å². The first-order valence-electron chi connectivity index (χ1n) is 9.61. The number of likely N-dealkylation sites (tertiary alicyclic amines) is 1. The van der Waals surface area contributed by atoms with Crippen molar-refractivity contribution >= 4 is 23.4 Å². The van der Waals surface area contributed by atoms with Gasteiger partial charge in [0.1, 0.15) is 0 Å². The van der Waals surface area contributed by atoms with E-state index in [4.69, 9.17) is 9.47 Å². The van der Waals surface area contributed by atoms with Gasteiger partial charge in [0.2, 0.25) is 17.7 Å². The van der Waals surface area contributed by atoms with Crippen LogP contribution in [0.3, 0.4) is 0 Å². The number of benzene rings is 1. The van der Waals surface area contributed by atoms with E-state index in [1.54, 1.807) is 35.1 Å². The van der Waals surface area contributed by atoms with Crippen molar-refractivity contribution in [3.8, 4) is 11.5 Å². The third-order valence-electron chi connectivity index (χ3n) is 5.30. The van der Waals surface area contributed by atoms with Gasteiger partial charge in [0.05, 0.1) is 26.7 Å². The quantitative estimate of drug-likeness (QED) is 0.790. The predicted molar refractivity (Wildman–Crippen MR) is 103 cm³/mol. The monoisotopic (exact) mass is 389 g/mol. The molecule has 0 aromatic heterocycles. The second-order valence-corrected chi connectivity index (χ2v) is 7.10. The van der Waals surface area contributed by atoms with Crippen molar-refractivity contribution in [1.29, 1.82) is 0 Å². The highest BCUT2D eigenvalue weighted by molar-refractivity contribution is 6.01. The first-order valence-corrected chi connectivity index (χ1v) is 9.61. The fourth-order valence-corrected chi connectivity index (χ4v) is 3.69. The van der Waals surface area contributed by atoms with Crippen LogP contribution in [0.25, 0.3) is 0 Å². The molecule has 152 valence electrons. The molecule has 2 heterocycles. The molecule has 0 aliphatic carbocycles. The largest absolute Gasteiger partial charge is 0.493 e. The number of methoxy groups -OCH3 is 2. The molecular formula is C20H27N3O5. The van der Waals surface area contributed by atoms with Crippen LogP contribution in [-0.4, -0.2) is 63.0 Å². The van der Waals surface area contributed by atoms with Gasteiger partial charge >= 0.3 is 0 Å². The average Bonchev–Trinajstić information content (AvgIpc) is 3.13. The van der Waals surface area contributed by atoms with Gasteiger partial charge in [-0.2, -0.15) is 0 Å². The Kier molecular flexibility index (Phi) is 6.38. The Bertz CT molecular complexity index is 745. The number of anilines is 1. The normalized spacial score (nSPS) is 19.5. The van der Waals surface area contributed by atoms with Crippen LogP contribution in [0.4, 0.5) is 5.69 Å². The number of ether oxygens (including phenoxy) is 2. The lowest BCUT2D eigenvalue weighted by molar-refractivity contribution is -0.134. The Morgan fingerprint density at radius 2 is 1.82 bits per heavy atom. The Hall–Kier alpha value is -2.77. The topological polar surface area (TPSA) is 88.2 Å². The van der Waals surface area contributed by atoms with Crippen molar-refractivity contribution in [2.45, 2.75) is 25.7 Å². The fourth-order valence-electron chi connectivity index (χ4n) is 3.69. The highest BCUT2D eigenvalue weighted by Gasteiger charge is 2.35. The van der Waals surface area contributed by atoms with E-state index in [1.165, 1.54) is 7.11 Å². The number of nitrogens with one attached hydrogen (secondary N) is 1. The molecule has 28 heavy (non-hydrogen) atoms. The molecule has 1 N–H and O–H groups in total. The van der Waals surface area contributed by atoms with E-state index in [1.807, 2.05) is 0 Å². The summed E-state index contributed by atoms with van der Waals surface area (Å²) in [4.78, 5) is 40.5. The molecule has 8 nitrogen and oxygen atoms in total. The van der Waals surface area contributed by atoms with Gasteiger partial charge in [0.25, 0.3) is 0 Å². The third kappa shape index (κ3) is 4.37. The number of amides is 3. The van der Waals surface area contributed by atoms with Gasteiger partial charge < -0.3 is 24.6 Å². The summed E-state index contributed by atoms with van der Waals surface area (Å²) in [7, 11) is 3.08. The molecule has 2 fully saturated rings. The SMILES string of the molecule is COc1ccc(N2CC(C(=O)NCC(=O)N3CCCCC3)CC2=O)cc1OC. The van der Waals surface area contributed by atoms with Crippen LogP contribution in [0.2, 0.25) is 0 Å². The molecule has 1 atom stereocenters. The van der Waals surface area contributed by atoms with Crippen LogP contribution in [-0.2, 0) is 14.4 Å². The van der Waals surface area contributed by atoms with Gasteiger partial charge in [-0.1, -0.05) is 0 Å². The molecule has 0 radical (unpaired) electrons. The summed E-state index contributed by atoms with van der Waals surface area (Å²) in [6.07, 6.45) is 3.29. The minimum atomic E-state index is -0.477. The van der Waals surface area contributed by atoms with Gasteiger partial charge in [0, 0.05) is 37.8 Å². The van der Waals surface area contributed by atoms with E-state index >= 15 is 0 Å². The Morgan fingerprint density at radius 3 is 2.50 bits per heavy atom. The van der Waals surface area contributed by atoms with Gasteiger partial charge in [-0.25, -0.2) is 0 Å². The molecule has 3 rings (SSSR count). The maximum absolute atomic E-state index is 12.5. The van der Waals surface area contributed by atoms with Crippen LogP contribution in [0, 0.1) is 5.92 Å². The molecule has 1 aromatic rings. The second kappa shape index (κ2) is 8.95. The number of nitrogens with zero attached hydrogens (tertiary/aromatic N) is 2. The van der Waals surface area contributed by atoms with Gasteiger partial charge in [0.15, 0.2) is 11.5 Å². The molecule has 1 unspecified atom stereocenters. The molecule has 2 aliphatic heterocycles. The summed E-state index contributed by atoms with van der Waals surface area (Å²) >= 11 is 0. The number of piperidine rings is 1. The zero-order chi connectivity index (χ0) is 20.1. The maximum Gasteiger partial charge on any atom is 0.241 e. The zero-order valence-corrected chi connectivity index (χ0v) is 16.4. The Morgan fingerprint density at radius 1 is 1.11 bits per heavy atom. The van der Waals surface area contributed by atoms with Crippen LogP contribution in [0.1, 0.15) is 25.7 Å². The van der Waals surface area contributed by atoms with Gasteiger partial charge in [-0.3, -0.25) is 14.4 Å². The molecule has 0 saturated carbocycles. The van der Waals surface area contributed by atoms with Crippen LogP contribution >= 0.6 is 0 Å². The summed E-state index contributed by atoms with van der Waals surface area (Å²) in [5.41, 5.74) is 0.655. The van der Waals surface area contributed by atoms with Crippen molar-refractivity contribution in [2.75, 3.05) is 45.3 Å². The fraction of sp³-hybridized carbons (Fsp3) is 0.550. The van der Waals surface area contributed by atoms with Crippen molar-refractivity contribution in [2.24, 2.45) is 5.92 Å². The molecule has 2 saturated heterocycles. The number of hydrogen-bond donors (Lipinski definition) is 1. The van der Waals surface area contributed by atoms with Crippen molar-refractivity contribution in [3.05, 3.63) is 18.2 Å². The first kappa shape index (κ1) is 20.0. The molecule has 2 aliphatic rings. The van der Waals surface area contributed by atoms with Gasteiger partial charge in [-0.15, -0.1) is 0 Å². The molecule has 3 amide bonds. The first-order chi connectivity index (χ1) is 13.5. The lowest BCUT2D eigenvalue weighted by Crippen LogP contribution is -2.44. The van der Waals surface area contributed by atoms with Crippen molar-refractivity contribution in [3.63, 3.8) is 0 Å².